The van der Waals surface area contributed by atoms with E-state index in [0.717, 1.165) is 11.4 Å². The maximum Gasteiger partial charge on any atom is 0.0725 e. The average Bonchev–Trinajstić information content (AvgIpc) is 1.59. The van der Waals surface area contributed by atoms with Crippen LogP contribution in [0.5, 0.6) is 0 Å². The van der Waals surface area contributed by atoms with Gasteiger partial charge in [0.15, 0.2) is 0 Å². The summed E-state index contributed by atoms with van der Waals surface area (Å²) in [5, 5.41) is 7.42. The Bertz CT molecular complexity index is 5030. The highest BCUT2D eigenvalue weighted by Crippen LogP contribution is 2.66. The van der Waals surface area contributed by atoms with Gasteiger partial charge in [0.25, 0.3) is 0 Å². The summed E-state index contributed by atoms with van der Waals surface area (Å²) in [6, 6.07) is 111. The Morgan fingerprint density at radius 1 is 0.230 bits per heavy atom. The highest BCUT2D eigenvalue weighted by atomic mass is 15.2. The summed E-state index contributed by atoms with van der Waals surface area (Å²) >= 11 is 0. The predicted octanol–water partition coefficient (Wildman–Crippen LogP) is 22.7. The molecule has 1 spiro atoms. The van der Waals surface area contributed by atoms with Crippen LogP contribution < -0.4 is 9.80 Å². The van der Waals surface area contributed by atoms with Gasteiger partial charge in [-0.25, -0.2) is 0 Å². The highest BCUT2D eigenvalue weighted by molar-refractivity contribution is 6.22. The monoisotopic (exact) mass is 1110 g/mol. The van der Waals surface area contributed by atoms with Crippen molar-refractivity contribution in [2.75, 3.05) is 9.80 Å². The van der Waals surface area contributed by atoms with Gasteiger partial charge in [0, 0.05) is 33.3 Å². The van der Waals surface area contributed by atoms with Crippen LogP contribution in [0.1, 0.15) is 72.2 Å². The van der Waals surface area contributed by atoms with E-state index in [0.29, 0.717) is 0 Å². The van der Waals surface area contributed by atoms with Crippen LogP contribution in [0, 0.1) is 0 Å². The minimum absolute atomic E-state index is 0.288. The van der Waals surface area contributed by atoms with Gasteiger partial charge in [0.05, 0.1) is 28.2 Å². The van der Waals surface area contributed by atoms with Gasteiger partial charge >= 0.3 is 0 Å². The molecule has 1 unspecified atom stereocenters. The molecule has 2 aliphatic heterocycles. The van der Waals surface area contributed by atoms with Gasteiger partial charge in [0.2, 0.25) is 0 Å². The lowest BCUT2D eigenvalue weighted by Gasteiger charge is -2.43. The average molecular weight is 1110 g/mol. The van der Waals surface area contributed by atoms with Crippen molar-refractivity contribution in [3.63, 3.8) is 0 Å². The third-order valence-corrected chi connectivity index (χ3v) is 20.4. The van der Waals surface area contributed by atoms with E-state index >= 15 is 0 Å². The second-order valence-corrected chi connectivity index (χ2v) is 25.4. The lowest BCUT2D eigenvalue weighted by atomic mass is 9.70. The fraction of sp³-hybridized carbons (Fsp3) is 0.0824. The molecule has 2 heteroatoms. The number of anilines is 6. The second-order valence-electron chi connectivity index (χ2n) is 25.4. The minimum atomic E-state index is -0.547. The van der Waals surface area contributed by atoms with Crippen molar-refractivity contribution in [3.8, 4) is 55.6 Å². The summed E-state index contributed by atoms with van der Waals surface area (Å²) in [7, 11) is 0. The van der Waals surface area contributed by atoms with E-state index in [9.17, 15) is 0 Å². The zero-order chi connectivity index (χ0) is 57.9. The molecule has 0 N–H and O–H groups in total. The lowest BCUT2D eigenvalue weighted by Crippen LogP contribution is -2.31. The first-order chi connectivity index (χ1) is 42.7. The third-order valence-electron chi connectivity index (χ3n) is 20.4. The molecule has 14 aromatic rings. The van der Waals surface area contributed by atoms with Gasteiger partial charge in [-0.15, -0.1) is 0 Å². The molecule has 4 aliphatic rings. The molecule has 14 aromatic carbocycles. The zero-order valence-electron chi connectivity index (χ0n) is 49.1. The van der Waals surface area contributed by atoms with Crippen LogP contribution in [0.3, 0.4) is 0 Å². The smallest absolute Gasteiger partial charge is 0.0725 e. The summed E-state index contributed by atoms with van der Waals surface area (Å²) in [5.41, 5.74) is 29.1. The molecule has 1 atom stereocenters. The van der Waals surface area contributed by atoms with Crippen molar-refractivity contribution in [3.05, 3.63) is 336 Å². The van der Waals surface area contributed by atoms with Gasteiger partial charge in [-0.1, -0.05) is 276 Å². The van der Waals surface area contributed by atoms with Gasteiger partial charge in [-0.2, -0.15) is 0 Å². The first kappa shape index (κ1) is 49.8. The number of hydrogen-bond acceptors (Lipinski definition) is 2. The number of nitrogens with zero attached hydrogens (tertiary/aromatic N) is 2. The van der Waals surface area contributed by atoms with Crippen molar-refractivity contribution < 1.29 is 0 Å². The first-order valence-electron chi connectivity index (χ1n) is 30.8. The minimum Gasteiger partial charge on any atom is -0.309 e. The van der Waals surface area contributed by atoms with Crippen LogP contribution in [-0.4, -0.2) is 0 Å². The predicted molar refractivity (Wildman–Crippen MR) is 365 cm³/mol. The summed E-state index contributed by atoms with van der Waals surface area (Å²) in [6.45, 7) is 9.61. The molecule has 410 valence electrons. The Labute approximate surface area is 508 Å². The SMILES string of the molecule is CC1(C)c2ccccc2N(c2ccccc2)c2c(-c3cccc4c(-c5cccc6c5-c5ccccc5C65c6ccccc6-c6c5ccc5ccccc65)c5cccc(-c6cccc7c6N(c6ccccc6)c6ccccc6C7(C)C)c5cc34)cccc21. The van der Waals surface area contributed by atoms with Crippen LogP contribution in [0.4, 0.5) is 34.1 Å². The molecule has 0 saturated heterocycles. The quantitative estimate of drug-likeness (QED) is 0.159. The van der Waals surface area contributed by atoms with E-state index in [-0.39, 0.29) is 10.8 Å². The molecule has 0 saturated carbocycles. The van der Waals surface area contributed by atoms with Crippen molar-refractivity contribution in [1.82, 2.24) is 0 Å². The highest BCUT2D eigenvalue weighted by Gasteiger charge is 2.53. The topological polar surface area (TPSA) is 6.48 Å². The molecule has 0 aromatic heterocycles. The number of benzene rings is 14. The van der Waals surface area contributed by atoms with Crippen molar-refractivity contribution in [2.45, 2.75) is 43.9 Å². The van der Waals surface area contributed by atoms with Crippen molar-refractivity contribution in [2.24, 2.45) is 0 Å². The largest absolute Gasteiger partial charge is 0.309 e. The Hall–Kier alpha value is -10.5. The van der Waals surface area contributed by atoms with Crippen LogP contribution in [0.25, 0.3) is 88.0 Å². The van der Waals surface area contributed by atoms with Gasteiger partial charge in [-0.05, 0) is 164 Å². The maximum absolute atomic E-state index is 2.56. The first-order valence-corrected chi connectivity index (χ1v) is 30.8. The van der Waals surface area contributed by atoms with E-state index in [2.05, 4.69) is 329 Å². The Balaban J connectivity index is 0.977. The molecule has 18 rings (SSSR count). The van der Waals surface area contributed by atoms with Gasteiger partial charge < -0.3 is 9.80 Å². The third kappa shape index (κ3) is 6.65. The lowest BCUT2D eigenvalue weighted by molar-refractivity contribution is 0.632. The Kier molecular flexibility index (Phi) is 10.4. The van der Waals surface area contributed by atoms with E-state index in [4.69, 9.17) is 0 Å². The molecule has 2 aliphatic carbocycles. The van der Waals surface area contributed by atoms with Crippen LogP contribution in [0.15, 0.2) is 291 Å². The molecule has 0 bridgehead atoms. The summed E-state index contributed by atoms with van der Waals surface area (Å²) in [6.07, 6.45) is 0. The molecular weight excluding hydrogens is 1050 g/mol. The Morgan fingerprint density at radius 3 is 1.16 bits per heavy atom. The number of para-hydroxylation sites is 6. The van der Waals surface area contributed by atoms with Crippen molar-refractivity contribution >= 4 is 66.4 Å². The fourth-order valence-electron chi connectivity index (χ4n) is 16.7. The molecule has 0 fully saturated rings. The standard InChI is InChI=1S/C85H60N2/c1-83(2)70-43-17-19-48-76(70)86(54-27-7-5-8-28-54)81-61(38-23-46-74(81)83)57-34-21-36-59-66(57)52-67-58(62-39-24-47-75-82(62)87(55-29-9-6-10-30-55)77-49-20-18-44-71(77)84(75,3)4)35-22-37-60(67)78(59)65-40-25-45-72-80(65)64-33-14-16-42-69(64)85(72)68-41-15-13-32-63(68)79-56-31-12-11-26-53(56)50-51-73(79)85/h5-52H,1-4H3. The number of rotatable bonds is 5. The number of fused-ring (bicyclic) bond motifs is 18. The van der Waals surface area contributed by atoms with E-state index in [1.54, 1.807) is 0 Å². The van der Waals surface area contributed by atoms with E-state index < -0.39 is 5.41 Å². The molecule has 2 nitrogen and oxygen atoms in total. The summed E-state index contributed by atoms with van der Waals surface area (Å²) in [4.78, 5) is 5.07. The normalized spacial score (nSPS) is 16.0. The molecular formula is C85H60N2. The van der Waals surface area contributed by atoms with Crippen LogP contribution in [0.2, 0.25) is 0 Å². The van der Waals surface area contributed by atoms with Crippen molar-refractivity contribution in [1.29, 1.82) is 0 Å². The Morgan fingerprint density at radius 2 is 0.609 bits per heavy atom. The van der Waals surface area contributed by atoms with E-state index in [1.165, 1.54) is 155 Å². The van der Waals surface area contributed by atoms with E-state index in [1.807, 2.05) is 0 Å². The van der Waals surface area contributed by atoms with Gasteiger partial charge in [0.1, 0.15) is 0 Å². The van der Waals surface area contributed by atoms with Crippen LogP contribution in [-0.2, 0) is 16.2 Å². The number of hydrogen-bond donors (Lipinski definition) is 0. The fourth-order valence-corrected chi connectivity index (χ4v) is 16.7. The molecule has 0 amide bonds. The summed E-state index contributed by atoms with van der Waals surface area (Å²) < 4.78 is 0. The zero-order valence-corrected chi connectivity index (χ0v) is 49.1. The van der Waals surface area contributed by atoms with Gasteiger partial charge in [-0.3, -0.25) is 0 Å². The molecule has 2 heterocycles. The molecule has 87 heavy (non-hydrogen) atoms. The maximum atomic E-state index is 2.56. The second kappa shape index (κ2) is 18.2. The molecule has 0 radical (unpaired) electrons. The summed E-state index contributed by atoms with van der Waals surface area (Å²) in [5.74, 6) is 0. The van der Waals surface area contributed by atoms with Crippen LogP contribution >= 0.6 is 0 Å².